The van der Waals surface area contributed by atoms with Gasteiger partial charge in [-0.25, -0.2) is 8.78 Å². The summed E-state index contributed by atoms with van der Waals surface area (Å²) in [5, 5.41) is 3.93. The number of hydrogen-bond donors (Lipinski definition) is 0. The van der Waals surface area contributed by atoms with Crippen LogP contribution in [0.2, 0.25) is 0 Å². The highest BCUT2D eigenvalue weighted by molar-refractivity contribution is 5.93. The number of piperazine rings is 1. The van der Waals surface area contributed by atoms with Gasteiger partial charge in [-0.3, -0.25) is 9.69 Å². The maximum Gasteiger partial charge on any atom is 0.276 e. The summed E-state index contributed by atoms with van der Waals surface area (Å²) < 4.78 is 32.6. The third-order valence-corrected chi connectivity index (χ3v) is 5.15. The summed E-state index contributed by atoms with van der Waals surface area (Å²) in [4.78, 5) is 16.4. The number of aryl methyl sites for hydroxylation is 1. The fourth-order valence-electron chi connectivity index (χ4n) is 3.41. The molecular weight excluding hydrogens is 376 g/mol. The van der Waals surface area contributed by atoms with E-state index in [1.807, 2.05) is 36.1 Å². The molecule has 7 heteroatoms. The number of carbonyl (C=O) groups is 1. The van der Waals surface area contributed by atoms with Crippen LogP contribution in [0, 0.1) is 18.6 Å². The number of rotatable bonds is 4. The highest BCUT2D eigenvalue weighted by atomic mass is 19.2. The highest BCUT2D eigenvalue weighted by Crippen LogP contribution is 2.22. The molecule has 3 aromatic rings. The summed E-state index contributed by atoms with van der Waals surface area (Å²) in [6.45, 7) is 4.44. The van der Waals surface area contributed by atoms with E-state index in [0.717, 1.165) is 17.2 Å². The van der Waals surface area contributed by atoms with Gasteiger partial charge in [-0.05, 0) is 13.0 Å². The topological polar surface area (TPSA) is 49.6 Å². The summed E-state index contributed by atoms with van der Waals surface area (Å²) >= 11 is 0. The van der Waals surface area contributed by atoms with E-state index in [0.29, 0.717) is 44.0 Å². The number of nitrogens with zero attached hydrogens (tertiary/aromatic N) is 3. The van der Waals surface area contributed by atoms with Crippen molar-refractivity contribution in [3.63, 3.8) is 0 Å². The predicted octanol–water partition coefficient (Wildman–Crippen LogP) is 3.89. The van der Waals surface area contributed by atoms with Gasteiger partial charge in [0.2, 0.25) is 0 Å². The number of halogens is 2. The van der Waals surface area contributed by atoms with Crippen LogP contribution in [0.4, 0.5) is 8.78 Å². The fourth-order valence-corrected chi connectivity index (χ4v) is 3.41. The fraction of sp³-hybridized carbons (Fsp3) is 0.273. The predicted molar refractivity (Wildman–Crippen MR) is 104 cm³/mol. The molecule has 0 unspecified atom stereocenters. The molecule has 29 heavy (non-hydrogen) atoms. The van der Waals surface area contributed by atoms with E-state index in [9.17, 15) is 13.6 Å². The van der Waals surface area contributed by atoms with Crippen LogP contribution in [0.1, 0.15) is 21.6 Å². The average Bonchev–Trinajstić information content (AvgIpc) is 3.22. The molecule has 1 fully saturated rings. The molecule has 1 aliphatic heterocycles. The standard InChI is InChI=1S/C22H21F2N3O2/c1-15-5-7-16(8-6-15)20-13-19(25-29-20)22(28)27-11-9-26(10-12-27)14-17-3-2-4-18(23)21(17)24/h2-8,13H,9-12,14H2,1H3. The van der Waals surface area contributed by atoms with Crippen molar-refractivity contribution in [2.45, 2.75) is 13.5 Å². The Kier molecular flexibility index (Phi) is 5.40. The lowest BCUT2D eigenvalue weighted by Gasteiger charge is -2.34. The summed E-state index contributed by atoms with van der Waals surface area (Å²) in [6.07, 6.45) is 0. The third-order valence-electron chi connectivity index (χ3n) is 5.15. The monoisotopic (exact) mass is 397 g/mol. The zero-order valence-electron chi connectivity index (χ0n) is 16.1. The lowest BCUT2D eigenvalue weighted by Crippen LogP contribution is -2.48. The molecule has 0 spiro atoms. The Labute approximate surface area is 167 Å². The minimum Gasteiger partial charge on any atom is -0.355 e. The largest absolute Gasteiger partial charge is 0.355 e. The van der Waals surface area contributed by atoms with Crippen LogP contribution in [-0.4, -0.2) is 47.0 Å². The van der Waals surface area contributed by atoms with Crippen LogP contribution in [0.15, 0.2) is 53.1 Å². The van der Waals surface area contributed by atoms with Crippen LogP contribution >= 0.6 is 0 Å². The molecule has 0 atom stereocenters. The number of carbonyl (C=O) groups excluding carboxylic acids is 1. The first-order valence-corrected chi connectivity index (χ1v) is 9.49. The molecule has 0 bridgehead atoms. The van der Waals surface area contributed by atoms with Gasteiger partial charge in [-0.2, -0.15) is 0 Å². The Bertz CT molecular complexity index is 1010. The molecule has 5 nitrogen and oxygen atoms in total. The first-order chi connectivity index (χ1) is 14.0. The normalized spacial score (nSPS) is 14.9. The smallest absolute Gasteiger partial charge is 0.276 e. The van der Waals surface area contributed by atoms with Crippen molar-refractivity contribution in [1.29, 1.82) is 0 Å². The first kappa shape index (κ1) is 19.3. The summed E-state index contributed by atoms with van der Waals surface area (Å²) in [5.41, 5.74) is 2.60. The van der Waals surface area contributed by atoms with Crippen molar-refractivity contribution in [3.05, 3.63) is 77.0 Å². The lowest BCUT2D eigenvalue weighted by atomic mass is 10.1. The van der Waals surface area contributed by atoms with E-state index in [-0.39, 0.29) is 11.6 Å². The number of hydrogen-bond acceptors (Lipinski definition) is 4. The van der Waals surface area contributed by atoms with Gasteiger partial charge in [0.25, 0.3) is 5.91 Å². The first-order valence-electron chi connectivity index (χ1n) is 9.49. The Morgan fingerprint density at radius 1 is 1.07 bits per heavy atom. The quantitative estimate of drug-likeness (QED) is 0.670. The number of amides is 1. The van der Waals surface area contributed by atoms with Crippen molar-refractivity contribution in [2.24, 2.45) is 0 Å². The molecule has 0 radical (unpaired) electrons. The third kappa shape index (κ3) is 4.19. The van der Waals surface area contributed by atoms with Crippen molar-refractivity contribution in [3.8, 4) is 11.3 Å². The second-order valence-corrected chi connectivity index (χ2v) is 7.22. The molecule has 1 aliphatic rings. The van der Waals surface area contributed by atoms with Gasteiger partial charge in [0.1, 0.15) is 0 Å². The van der Waals surface area contributed by atoms with Crippen molar-refractivity contribution >= 4 is 5.91 Å². The number of benzene rings is 2. The van der Waals surface area contributed by atoms with Gasteiger partial charge in [-0.15, -0.1) is 0 Å². The molecule has 0 aliphatic carbocycles. The van der Waals surface area contributed by atoms with Crippen LogP contribution < -0.4 is 0 Å². The summed E-state index contributed by atoms with van der Waals surface area (Å²) in [5.74, 6) is -1.29. The molecule has 4 rings (SSSR count). The molecule has 150 valence electrons. The Morgan fingerprint density at radius 3 is 2.52 bits per heavy atom. The molecular formula is C22H21F2N3O2. The van der Waals surface area contributed by atoms with Crippen molar-refractivity contribution in [1.82, 2.24) is 15.0 Å². The van der Waals surface area contributed by atoms with Gasteiger partial charge in [-0.1, -0.05) is 47.1 Å². The zero-order valence-corrected chi connectivity index (χ0v) is 16.1. The van der Waals surface area contributed by atoms with E-state index in [1.165, 1.54) is 6.07 Å². The Balaban J connectivity index is 1.37. The van der Waals surface area contributed by atoms with Gasteiger partial charge in [0.05, 0.1) is 0 Å². The van der Waals surface area contributed by atoms with E-state index in [2.05, 4.69) is 5.16 Å². The lowest BCUT2D eigenvalue weighted by molar-refractivity contribution is 0.0617. The maximum atomic E-state index is 13.9. The second kappa shape index (κ2) is 8.13. The summed E-state index contributed by atoms with van der Waals surface area (Å²) in [6, 6.07) is 13.6. The minimum atomic E-state index is -0.841. The highest BCUT2D eigenvalue weighted by Gasteiger charge is 2.25. The number of aromatic nitrogens is 1. The Hall–Kier alpha value is -3.06. The SMILES string of the molecule is Cc1ccc(-c2cc(C(=O)N3CCN(Cc4cccc(F)c4F)CC3)no2)cc1. The molecule has 2 heterocycles. The minimum absolute atomic E-state index is 0.191. The summed E-state index contributed by atoms with van der Waals surface area (Å²) in [7, 11) is 0. The van der Waals surface area contributed by atoms with Gasteiger partial charge >= 0.3 is 0 Å². The van der Waals surface area contributed by atoms with Crippen LogP contribution in [-0.2, 0) is 6.54 Å². The van der Waals surface area contributed by atoms with Crippen LogP contribution in [0.3, 0.4) is 0 Å². The van der Waals surface area contributed by atoms with Crippen LogP contribution in [0.25, 0.3) is 11.3 Å². The van der Waals surface area contributed by atoms with Gasteiger partial charge in [0.15, 0.2) is 23.1 Å². The molecule has 0 N–H and O–H groups in total. The molecule has 2 aromatic carbocycles. The zero-order chi connectivity index (χ0) is 20.4. The van der Waals surface area contributed by atoms with Crippen molar-refractivity contribution in [2.75, 3.05) is 26.2 Å². The van der Waals surface area contributed by atoms with E-state index < -0.39 is 11.6 Å². The molecule has 1 amide bonds. The van der Waals surface area contributed by atoms with E-state index >= 15 is 0 Å². The maximum absolute atomic E-state index is 13.9. The second-order valence-electron chi connectivity index (χ2n) is 7.22. The molecule has 1 aromatic heterocycles. The van der Waals surface area contributed by atoms with Gasteiger partial charge in [0, 0.05) is 49.9 Å². The van der Waals surface area contributed by atoms with Crippen LogP contribution in [0.5, 0.6) is 0 Å². The van der Waals surface area contributed by atoms with E-state index in [1.54, 1.807) is 17.0 Å². The van der Waals surface area contributed by atoms with Gasteiger partial charge < -0.3 is 9.42 Å². The molecule has 1 saturated heterocycles. The molecule has 0 saturated carbocycles. The average molecular weight is 397 g/mol. The van der Waals surface area contributed by atoms with E-state index in [4.69, 9.17) is 4.52 Å². The van der Waals surface area contributed by atoms with Crippen molar-refractivity contribution < 1.29 is 18.1 Å². The Morgan fingerprint density at radius 2 is 1.79 bits per heavy atom.